The first-order valence-corrected chi connectivity index (χ1v) is 9.52. The molecule has 2 heterocycles. The summed E-state index contributed by atoms with van der Waals surface area (Å²) in [6, 6.07) is 17.8. The number of likely N-dealkylation sites (tertiary alicyclic amines) is 1. The van der Waals surface area contributed by atoms with Gasteiger partial charge in [-0.15, -0.1) is 0 Å². The molecule has 0 bridgehead atoms. The summed E-state index contributed by atoms with van der Waals surface area (Å²) < 4.78 is 10.6. The number of benzene rings is 2. The van der Waals surface area contributed by atoms with Crippen molar-refractivity contribution in [1.29, 1.82) is 0 Å². The molecule has 28 heavy (non-hydrogen) atoms. The van der Waals surface area contributed by atoms with E-state index in [9.17, 15) is 4.79 Å². The smallest absolute Gasteiger partial charge is 0.257 e. The maximum Gasteiger partial charge on any atom is 0.257 e. The number of carbonyl (C=O) groups is 1. The Morgan fingerprint density at radius 2 is 1.93 bits per heavy atom. The first-order chi connectivity index (χ1) is 13.7. The molecule has 1 aliphatic rings. The molecule has 1 unspecified atom stereocenters. The van der Waals surface area contributed by atoms with Crippen LogP contribution in [-0.2, 0) is 11.2 Å². The van der Waals surface area contributed by atoms with Gasteiger partial charge in [0.05, 0.1) is 7.11 Å². The molecule has 0 spiro atoms. The lowest BCUT2D eigenvalue weighted by Gasteiger charge is -2.15. The van der Waals surface area contributed by atoms with Crippen LogP contribution in [0.2, 0.25) is 0 Å². The molecule has 0 N–H and O–H groups in total. The molecule has 1 saturated heterocycles. The number of rotatable bonds is 7. The number of hydrogen-bond donors (Lipinski definition) is 0. The van der Waals surface area contributed by atoms with Crippen LogP contribution in [0.25, 0.3) is 11.5 Å². The average molecular weight is 377 g/mol. The average Bonchev–Trinajstić information content (AvgIpc) is 3.36. The molecule has 4 rings (SSSR count). The van der Waals surface area contributed by atoms with Crippen LogP contribution >= 0.6 is 0 Å². The standard InChI is InChI=1S/C22H23N3O3/c1-27-19-11-9-17(10-12-19)22-23-21(24-28-22)18-14-20(26)25(15-18)13-5-8-16-6-3-2-4-7-16/h2-4,6-7,9-12,18H,5,8,13-15H2,1H3. The number of aryl methyl sites for hydroxylation is 1. The van der Waals surface area contributed by atoms with E-state index in [0.717, 1.165) is 30.7 Å². The predicted molar refractivity (Wildman–Crippen MR) is 105 cm³/mol. The van der Waals surface area contributed by atoms with Crippen molar-refractivity contribution >= 4 is 5.91 Å². The Kier molecular flexibility index (Phi) is 5.37. The summed E-state index contributed by atoms with van der Waals surface area (Å²) in [5, 5.41) is 4.12. The van der Waals surface area contributed by atoms with Gasteiger partial charge in [-0.05, 0) is 42.7 Å². The minimum Gasteiger partial charge on any atom is -0.497 e. The molecular weight excluding hydrogens is 354 g/mol. The molecule has 0 saturated carbocycles. The number of carbonyl (C=O) groups excluding carboxylic acids is 1. The molecule has 0 aliphatic carbocycles. The van der Waals surface area contributed by atoms with Crippen LogP contribution in [0.4, 0.5) is 0 Å². The van der Waals surface area contributed by atoms with E-state index in [1.807, 2.05) is 47.4 Å². The van der Waals surface area contributed by atoms with Gasteiger partial charge in [-0.2, -0.15) is 4.98 Å². The van der Waals surface area contributed by atoms with Crippen LogP contribution in [0.5, 0.6) is 5.75 Å². The fraction of sp³-hybridized carbons (Fsp3) is 0.318. The van der Waals surface area contributed by atoms with Crippen LogP contribution in [0, 0.1) is 0 Å². The van der Waals surface area contributed by atoms with E-state index in [1.54, 1.807) is 7.11 Å². The third kappa shape index (κ3) is 4.06. The molecule has 3 aromatic rings. The third-order valence-electron chi connectivity index (χ3n) is 5.09. The zero-order valence-electron chi connectivity index (χ0n) is 15.9. The number of hydrogen-bond acceptors (Lipinski definition) is 5. The molecule has 144 valence electrons. The van der Waals surface area contributed by atoms with Crippen molar-refractivity contribution in [1.82, 2.24) is 15.0 Å². The highest BCUT2D eigenvalue weighted by Crippen LogP contribution is 2.29. The zero-order chi connectivity index (χ0) is 19.3. The maximum atomic E-state index is 12.4. The zero-order valence-corrected chi connectivity index (χ0v) is 15.9. The van der Waals surface area contributed by atoms with Crippen molar-refractivity contribution in [3.05, 3.63) is 66.0 Å². The highest BCUT2D eigenvalue weighted by atomic mass is 16.5. The molecular formula is C22H23N3O3. The fourth-order valence-corrected chi connectivity index (χ4v) is 3.53. The number of ether oxygens (including phenoxy) is 1. The normalized spacial score (nSPS) is 16.5. The van der Waals surface area contributed by atoms with Gasteiger partial charge in [0.2, 0.25) is 5.91 Å². The highest BCUT2D eigenvalue weighted by Gasteiger charge is 2.33. The Morgan fingerprint density at radius 3 is 2.68 bits per heavy atom. The van der Waals surface area contributed by atoms with Gasteiger partial charge in [0.1, 0.15) is 5.75 Å². The topological polar surface area (TPSA) is 68.5 Å². The second-order valence-electron chi connectivity index (χ2n) is 7.02. The molecule has 0 radical (unpaired) electrons. The maximum absolute atomic E-state index is 12.4. The predicted octanol–water partition coefficient (Wildman–Crippen LogP) is 3.69. The Hall–Kier alpha value is -3.15. The van der Waals surface area contributed by atoms with Gasteiger partial charge in [0.15, 0.2) is 5.82 Å². The molecule has 1 aromatic heterocycles. The first-order valence-electron chi connectivity index (χ1n) is 9.52. The van der Waals surface area contributed by atoms with Crippen molar-refractivity contribution in [2.45, 2.75) is 25.2 Å². The molecule has 1 fully saturated rings. The minimum atomic E-state index is -0.0139. The van der Waals surface area contributed by atoms with E-state index < -0.39 is 0 Å². The largest absolute Gasteiger partial charge is 0.497 e. The van der Waals surface area contributed by atoms with Crippen LogP contribution in [0.3, 0.4) is 0 Å². The summed E-state index contributed by atoms with van der Waals surface area (Å²) in [5.41, 5.74) is 2.14. The summed E-state index contributed by atoms with van der Waals surface area (Å²) in [6.45, 7) is 1.41. The number of amides is 1. The van der Waals surface area contributed by atoms with Crippen molar-refractivity contribution in [2.24, 2.45) is 0 Å². The first kappa shape index (κ1) is 18.2. The van der Waals surface area contributed by atoms with E-state index in [1.165, 1.54) is 5.56 Å². The van der Waals surface area contributed by atoms with Gasteiger partial charge in [0.25, 0.3) is 5.89 Å². The lowest BCUT2D eigenvalue weighted by Crippen LogP contribution is -2.26. The molecule has 6 nitrogen and oxygen atoms in total. The summed E-state index contributed by atoms with van der Waals surface area (Å²) in [5.74, 6) is 1.99. The quantitative estimate of drug-likeness (QED) is 0.628. The van der Waals surface area contributed by atoms with Gasteiger partial charge in [-0.3, -0.25) is 4.79 Å². The van der Waals surface area contributed by atoms with Gasteiger partial charge >= 0.3 is 0 Å². The fourth-order valence-electron chi connectivity index (χ4n) is 3.53. The van der Waals surface area contributed by atoms with Crippen molar-refractivity contribution in [3.8, 4) is 17.2 Å². The molecule has 2 aromatic carbocycles. The second-order valence-corrected chi connectivity index (χ2v) is 7.02. The number of aromatic nitrogens is 2. The highest BCUT2D eigenvalue weighted by molar-refractivity contribution is 5.79. The van der Waals surface area contributed by atoms with Gasteiger partial charge < -0.3 is 14.2 Å². The van der Waals surface area contributed by atoms with Gasteiger partial charge in [0, 0.05) is 31.0 Å². The van der Waals surface area contributed by atoms with Crippen molar-refractivity contribution < 1.29 is 14.1 Å². The Bertz CT molecular complexity index is 922. The van der Waals surface area contributed by atoms with Crippen LogP contribution < -0.4 is 4.74 Å². The van der Waals surface area contributed by atoms with Crippen LogP contribution in [0.15, 0.2) is 59.1 Å². The van der Waals surface area contributed by atoms with Gasteiger partial charge in [-0.1, -0.05) is 35.5 Å². The monoisotopic (exact) mass is 377 g/mol. The van der Waals surface area contributed by atoms with Crippen molar-refractivity contribution in [2.75, 3.05) is 20.2 Å². The van der Waals surface area contributed by atoms with E-state index in [2.05, 4.69) is 22.3 Å². The Labute approximate surface area is 164 Å². The number of methoxy groups -OCH3 is 1. The van der Waals surface area contributed by atoms with Crippen LogP contribution in [0.1, 0.15) is 30.1 Å². The summed E-state index contributed by atoms with van der Waals surface area (Å²) in [7, 11) is 1.63. The molecule has 1 atom stereocenters. The van der Waals surface area contributed by atoms with E-state index in [4.69, 9.17) is 9.26 Å². The minimum absolute atomic E-state index is 0.0139. The third-order valence-corrected chi connectivity index (χ3v) is 5.09. The van der Waals surface area contributed by atoms with Gasteiger partial charge in [-0.25, -0.2) is 0 Å². The van der Waals surface area contributed by atoms with Crippen LogP contribution in [-0.4, -0.2) is 41.1 Å². The summed E-state index contributed by atoms with van der Waals surface area (Å²) in [4.78, 5) is 18.8. The molecule has 6 heteroatoms. The number of nitrogens with zero attached hydrogens (tertiary/aromatic N) is 3. The Balaban J connectivity index is 1.35. The van der Waals surface area contributed by atoms with E-state index >= 15 is 0 Å². The molecule has 1 amide bonds. The lowest BCUT2D eigenvalue weighted by atomic mass is 10.1. The Morgan fingerprint density at radius 1 is 1.14 bits per heavy atom. The molecule has 1 aliphatic heterocycles. The SMILES string of the molecule is COc1ccc(-c2nc(C3CC(=O)N(CCCc4ccccc4)C3)no2)cc1. The second kappa shape index (κ2) is 8.25. The lowest BCUT2D eigenvalue weighted by molar-refractivity contribution is -0.127. The summed E-state index contributed by atoms with van der Waals surface area (Å²) >= 11 is 0. The van der Waals surface area contributed by atoms with E-state index in [-0.39, 0.29) is 11.8 Å². The van der Waals surface area contributed by atoms with Crippen molar-refractivity contribution in [3.63, 3.8) is 0 Å². The summed E-state index contributed by atoms with van der Waals surface area (Å²) in [6.07, 6.45) is 2.36. The van der Waals surface area contributed by atoms with E-state index in [0.29, 0.717) is 24.7 Å².